The van der Waals surface area contributed by atoms with Crippen LogP contribution in [-0.2, 0) is 0 Å². The molecule has 5 nitrogen and oxygen atoms in total. The van der Waals surface area contributed by atoms with Gasteiger partial charge in [0.2, 0.25) is 0 Å². The lowest BCUT2D eigenvalue weighted by Gasteiger charge is -2.20. The molecule has 1 aromatic heterocycles. The van der Waals surface area contributed by atoms with Crippen molar-refractivity contribution >= 4 is 11.7 Å². The molecule has 80 valence electrons. The van der Waals surface area contributed by atoms with Crippen molar-refractivity contribution in [2.24, 2.45) is 5.73 Å². The third-order valence-electron chi connectivity index (χ3n) is 2.54. The minimum atomic E-state index is -0.0384. The Morgan fingerprint density at radius 1 is 1.53 bits per heavy atom. The van der Waals surface area contributed by atoms with Crippen LogP contribution in [0.15, 0.2) is 12.4 Å². The van der Waals surface area contributed by atoms with Crippen LogP contribution in [0.5, 0.6) is 0 Å². The number of hydrogen-bond acceptors (Lipinski definition) is 4. The molecular formula is C10H15N5. The molecule has 1 aromatic rings. The Kier molecular flexibility index (Phi) is 2.53. The molecule has 0 spiro atoms. The van der Waals surface area contributed by atoms with Gasteiger partial charge < -0.3 is 10.6 Å². The highest BCUT2D eigenvalue weighted by Crippen LogP contribution is 2.29. The van der Waals surface area contributed by atoms with Gasteiger partial charge in [-0.3, -0.25) is 5.41 Å². The Morgan fingerprint density at radius 2 is 2.27 bits per heavy atom. The van der Waals surface area contributed by atoms with Crippen molar-refractivity contribution in [1.82, 2.24) is 9.97 Å². The molecule has 1 aliphatic rings. The first-order valence-corrected chi connectivity index (χ1v) is 5.15. The molecule has 1 heterocycles. The fourth-order valence-electron chi connectivity index (χ4n) is 1.60. The largest absolute Gasteiger partial charge is 0.382 e. The Hall–Kier alpha value is -1.65. The first-order valence-electron chi connectivity index (χ1n) is 5.15. The van der Waals surface area contributed by atoms with Gasteiger partial charge in [0, 0.05) is 12.6 Å². The van der Waals surface area contributed by atoms with Crippen LogP contribution in [0.3, 0.4) is 0 Å². The fraction of sp³-hybridized carbons (Fsp3) is 0.500. The molecule has 1 saturated carbocycles. The number of aromatic nitrogens is 2. The summed E-state index contributed by atoms with van der Waals surface area (Å²) in [6, 6.07) is 0.632. The molecule has 5 heteroatoms. The Balaban J connectivity index is 2.17. The summed E-state index contributed by atoms with van der Waals surface area (Å²) in [5.41, 5.74) is 5.75. The van der Waals surface area contributed by atoms with E-state index in [1.54, 1.807) is 12.4 Å². The third kappa shape index (κ3) is 2.06. The maximum atomic E-state index is 7.22. The molecular weight excluding hydrogens is 190 g/mol. The lowest BCUT2D eigenvalue weighted by Crippen LogP contribution is -2.26. The molecule has 3 N–H and O–H groups in total. The molecule has 0 bridgehead atoms. The summed E-state index contributed by atoms with van der Waals surface area (Å²) in [5, 5.41) is 7.22. The van der Waals surface area contributed by atoms with Gasteiger partial charge in [0.15, 0.2) is 0 Å². The van der Waals surface area contributed by atoms with Crippen LogP contribution in [0.1, 0.15) is 25.5 Å². The number of nitrogens with one attached hydrogen (secondary N) is 1. The molecule has 0 atom stereocenters. The smallest absolute Gasteiger partial charge is 0.147 e. The quantitative estimate of drug-likeness (QED) is 0.561. The van der Waals surface area contributed by atoms with Crippen LogP contribution in [0, 0.1) is 5.41 Å². The van der Waals surface area contributed by atoms with E-state index >= 15 is 0 Å². The van der Waals surface area contributed by atoms with E-state index in [0.29, 0.717) is 11.7 Å². The highest BCUT2D eigenvalue weighted by molar-refractivity contribution is 5.92. The van der Waals surface area contributed by atoms with E-state index in [1.165, 1.54) is 12.8 Å². The van der Waals surface area contributed by atoms with Gasteiger partial charge in [-0.1, -0.05) is 0 Å². The monoisotopic (exact) mass is 205 g/mol. The van der Waals surface area contributed by atoms with E-state index in [1.807, 2.05) is 0 Å². The van der Waals surface area contributed by atoms with Crippen LogP contribution in [0.4, 0.5) is 5.82 Å². The second kappa shape index (κ2) is 3.84. The summed E-state index contributed by atoms with van der Waals surface area (Å²) in [4.78, 5) is 10.6. The summed E-state index contributed by atoms with van der Waals surface area (Å²) < 4.78 is 0. The van der Waals surface area contributed by atoms with Gasteiger partial charge in [0.1, 0.15) is 17.3 Å². The topological polar surface area (TPSA) is 78.9 Å². The molecule has 1 fully saturated rings. The number of amidine groups is 1. The van der Waals surface area contributed by atoms with E-state index in [-0.39, 0.29) is 5.84 Å². The maximum Gasteiger partial charge on any atom is 0.147 e. The highest BCUT2D eigenvalue weighted by Gasteiger charge is 2.28. The number of nitrogen functional groups attached to an aromatic ring is 1. The number of anilines is 1. The van der Waals surface area contributed by atoms with Gasteiger partial charge in [0.25, 0.3) is 0 Å². The number of nitrogens with zero attached hydrogens (tertiary/aromatic N) is 3. The Labute approximate surface area is 88.8 Å². The van der Waals surface area contributed by atoms with Crippen LogP contribution in [-0.4, -0.2) is 28.4 Å². The number of rotatable bonds is 4. The molecule has 0 unspecified atom stereocenters. The van der Waals surface area contributed by atoms with Gasteiger partial charge in [-0.2, -0.15) is 0 Å². The average molecular weight is 205 g/mol. The molecule has 0 saturated heterocycles. The number of hydrogen-bond donors (Lipinski definition) is 2. The minimum Gasteiger partial charge on any atom is -0.382 e. The summed E-state index contributed by atoms with van der Waals surface area (Å²) in [5.74, 6) is 0.841. The van der Waals surface area contributed by atoms with Gasteiger partial charge >= 0.3 is 0 Å². The highest BCUT2D eigenvalue weighted by atomic mass is 15.2. The fourth-order valence-corrected chi connectivity index (χ4v) is 1.60. The molecule has 0 aromatic carbocycles. The second-order valence-electron chi connectivity index (χ2n) is 3.69. The lowest BCUT2D eigenvalue weighted by molar-refractivity contribution is 0.803. The van der Waals surface area contributed by atoms with E-state index < -0.39 is 0 Å². The third-order valence-corrected chi connectivity index (χ3v) is 2.54. The van der Waals surface area contributed by atoms with Crippen LogP contribution < -0.4 is 10.6 Å². The van der Waals surface area contributed by atoms with Crippen molar-refractivity contribution in [3.8, 4) is 0 Å². The Bertz CT molecular complexity index is 355. The molecule has 0 amide bonds. The SMILES string of the molecule is CCN(c1cnc(C(=N)N)cn1)C1CC1. The summed E-state index contributed by atoms with van der Waals surface area (Å²) >= 11 is 0. The van der Waals surface area contributed by atoms with Gasteiger partial charge in [-0.25, -0.2) is 9.97 Å². The van der Waals surface area contributed by atoms with Crippen molar-refractivity contribution in [3.05, 3.63) is 18.1 Å². The Morgan fingerprint density at radius 3 is 2.67 bits per heavy atom. The molecule has 1 aliphatic carbocycles. The summed E-state index contributed by atoms with van der Waals surface area (Å²) in [6.45, 7) is 3.05. The van der Waals surface area contributed by atoms with E-state index in [0.717, 1.165) is 12.4 Å². The summed E-state index contributed by atoms with van der Waals surface area (Å²) in [7, 11) is 0. The lowest BCUT2D eigenvalue weighted by atomic mass is 10.4. The first-order chi connectivity index (χ1) is 7.22. The van der Waals surface area contributed by atoms with Gasteiger partial charge in [-0.15, -0.1) is 0 Å². The minimum absolute atomic E-state index is 0.0384. The zero-order valence-electron chi connectivity index (χ0n) is 8.77. The average Bonchev–Trinajstić information content (AvgIpc) is 3.04. The van der Waals surface area contributed by atoms with Crippen LogP contribution in [0.25, 0.3) is 0 Å². The summed E-state index contributed by atoms with van der Waals surface area (Å²) in [6.07, 6.45) is 5.73. The molecule has 0 radical (unpaired) electrons. The van der Waals surface area contributed by atoms with Gasteiger partial charge in [0.05, 0.1) is 12.4 Å². The van der Waals surface area contributed by atoms with Crippen molar-refractivity contribution in [1.29, 1.82) is 5.41 Å². The maximum absolute atomic E-state index is 7.22. The molecule has 0 aliphatic heterocycles. The van der Waals surface area contributed by atoms with Crippen molar-refractivity contribution in [2.45, 2.75) is 25.8 Å². The van der Waals surface area contributed by atoms with Gasteiger partial charge in [-0.05, 0) is 19.8 Å². The predicted octanol–water partition coefficient (Wildman–Crippen LogP) is 0.749. The number of nitrogens with two attached hydrogens (primary N) is 1. The van der Waals surface area contributed by atoms with Crippen molar-refractivity contribution in [2.75, 3.05) is 11.4 Å². The molecule has 2 rings (SSSR count). The van der Waals surface area contributed by atoms with E-state index in [9.17, 15) is 0 Å². The van der Waals surface area contributed by atoms with E-state index in [2.05, 4.69) is 21.8 Å². The standard InChI is InChI=1S/C10H15N5/c1-2-15(7-3-4-7)9-6-13-8(5-14-9)10(11)12/h5-7H,2-4H2,1H3,(H3,11,12). The normalized spacial score (nSPS) is 15.0. The van der Waals surface area contributed by atoms with Crippen molar-refractivity contribution < 1.29 is 0 Å². The predicted molar refractivity (Wildman–Crippen MR) is 59.1 cm³/mol. The second-order valence-corrected chi connectivity index (χ2v) is 3.69. The van der Waals surface area contributed by atoms with Crippen molar-refractivity contribution in [3.63, 3.8) is 0 Å². The van der Waals surface area contributed by atoms with E-state index in [4.69, 9.17) is 11.1 Å². The first kappa shape index (κ1) is 9.89. The zero-order chi connectivity index (χ0) is 10.8. The van der Waals surface area contributed by atoms with Crippen LogP contribution >= 0.6 is 0 Å². The zero-order valence-corrected chi connectivity index (χ0v) is 8.77. The van der Waals surface area contributed by atoms with Crippen LogP contribution in [0.2, 0.25) is 0 Å². The molecule has 15 heavy (non-hydrogen) atoms.